The van der Waals surface area contributed by atoms with Gasteiger partial charge in [0.2, 0.25) is 5.91 Å². The summed E-state index contributed by atoms with van der Waals surface area (Å²) in [7, 11) is 0. The van der Waals surface area contributed by atoms with Crippen LogP contribution in [0.15, 0.2) is 42.7 Å². The van der Waals surface area contributed by atoms with Crippen molar-refractivity contribution >= 4 is 5.91 Å². The summed E-state index contributed by atoms with van der Waals surface area (Å²) in [5, 5.41) is 7.12. The molecule has 0 radical (unpaired) electrons. The Bertz CT molecular complexity index is 570. The quantitative estimate of drug-likeness (QED) is 0.868. The Kier molecular flexibility index (Phi) is 4.20. The van der Waals surface area contributed by atoms with Crippen LogP contribution >= 0.6 is 0 Å². The maximum atomic E-state index is 11.8. The van der Waals surface area contributed by atoms with Gasteiger partial charge in [-0.15, -0.1) is 0 Å². The fraction of sp³-hybridized carbons (Fsp3) is 0.333. The van der Waals surface area contributed by atoms with E-state index >= 15 is 0 Å². The molecule has 0 saturated carbocycles. The van der Waals surface area contributed by atoms with E-state index in [1.165, 1.54) is 0 Å². The van der Waals surface area contributed by atoms with Crippen molar-refractivity contribution in [1.82, 2.24) is 15.1 Å². The van der Waals surface area contributed by atoms with Gasteiger partial charge in [-0.3, -0.25) is 4.79 Å². The predicted octanol–water partition coefficient (Wildman–Crippen LogP) is 1.62. The first kappa shape index (κ1) is 14.3. The molecule has 2 aromatic rings. The maximum Gasteiger partial charge on any atom is 0.222 e. The number of hydrogen-bond acceptors (Lipinski definition) is 3. The van der Waals surface area contributed by atoms with E-state index in [1.807, 2.05) is 50.4 Å². The van der Waals surface area contributed by atoms with Crippen LogP contribution in [0.3, 0.4) is 0 Å². The number of hydrogen-bond donors (Lipinski definition) is 2. The Labute approximate surface area is 118 Å². The Balaban J connectivity index is 2.06. The second kappa shape index (κ2) is 5.88. The highest BCUT2D eigenvalue weighted by Gasteiger charge is 2.16. The molecule has 0 unspecified atom stereocenters. The Morgan fingerprint density at radius 2 is 2.10 bits per heavy atom. The zero-order valence-electron chi connectivity index (χ0n) is 11.8. The van der Waals surface area contributed by atoms with Crippen molar-refractivity contribution in [1.29, 1.82) is 0 Å². The summed E-state index contributed by atoms with van der Waals surface area (Å²) in [5.74, 6) is -0.0484. The highest BCUT2D eigenvalue weighted by atomic mass is 16.1. The zero-order chi connectivity index (χ0) is 14.6. The molecule has 1 amide bonds. The second-order valence-electron chi connectivity index (χ2n) is 5.52. The van der Waals surface area contributed by atoms with Crippen molar-refractivity contribution in [2.75, 3.05) is 0 Å². The van der Waals surface area contributed by atoms with Crippen molar-refractivity contribution in [3.05, 3.63) is 48.3 Å². The van der Waals surface area contributed by atoms with Crippen molar-refractivity contribution in [3.63, 3.8) is 0 Å². The van der Waals surface area contributed by atoms with Crippen molar-refractivity contribution in [2.45, 2.75) is 32.4 Å². The lowest BCUT2D eigenvalue weighted by Gasteiger charge is -2.18. The van der Waals surface area contributed by atoms with Gasteiger partial charge in [-0.25, -0.2) is 4.68 Å². The van der Waals surface area contributed by atoms with Gasteiger partial charge in [0, 0.05) is 30.9 Å². The van der Waals surface area contributed by atoms with Gasteiger partial charge in [0.05, 0.1) is 5.69 Å². The Hall–Kier alpha value is -2.14. The highest BCUT2D eigenvalue weighted by molar-refractivity contribution is 5.77. The van der Waals surface area contributed by atoms with Gasteiger partial charge in [-0.1, -0.05) is 18.2 Å². The monoisotopic (exact) mass is 272 g/mol. The Morgan fingerprint density at radius 1 is 1.35 bits per heavy atom. The van der Waals surface area contributed by atoms with Crippen LogP contribution < -0.4 is 11.1 Å². The lowest BCUT2D eigenvalue weighted by molar-refractivity contribution is -0.122. The molecule has 1 aromatic heterocycles. The average Bonchev–Trinajstić information content (AvgIpc) is 2.88. The number of benzene rings is 1. The van der Waals surface area contributed by atoms with Gasteiger partial charge < -0.3 is 11.1 Å². The van der Waals surface area contributed by atoms with E-state index in [2.05, 4.69) is 10.4 Å². The van der Waals surface area contributed by atoms with Gasteiger partial charge >= 0.3 is 0 Å². The SMILES string of the molecule is CC(C)(N)CC(=O)NCc1ccccc1-n1cccn1. The van der Waals surface area contributed by atoms with Gasteiger partial charge in [0.15, 0.2) is 0 Å². The van der Waals surface area contributed by atoms with Crippen LogP contribution in [-0.2, 0) is 11.3 Å². The molecule has 1 heterocycles. The average molecular weight is 272 g/mol. The third-order valence-electron chi connectivity index (χ3n) is 2.84. The predicted molar refractivity (Wildman–Crippen MR) is 78.3 cm³/mol. The first-order valence-electron chi connectivity index (χ1n) is 6.59. The minimum absolute atomic E-state index is 0.0484. The molecule has 0 aliphatic carbocycles. The molecule has 0 aliphatic rings. The van der Waals surface area contributed by atoms with Crippen LogP contribution in [0.25, 0.3) is 5.69 Å². The number of carbonyl (C=O) groups excluding carboxylic acids is 1. The smallest absolute Gasteiger partial charge is 0.222 e. The van der Waals surface area contributed by atoms with Crippen LogP contribution in [0.4, 0.5) is 0 Å². The topological polar surface area (TPSA) is 72.9 Å². The summed E-state index contributed by atoms with van der Waals surface area (Å²) in [6.45, 7) is 4.14. The minimum atomic E-state index is -0.494. The standard InChI is InChI=1S/C15H20N4O/c1-15(2,16)10-14(20)17-11-12-6-3-4-7-13(12)19-9-5-8-18-19/h3-9H,10-11,16H2,1-2H3,(H,17,20). The molecular weight excluding hydrogens is 252 g/mol. The van der Waals surface area contributed by atoms with E-state index < -0.39 is 5.54 Å². The molecular formula is C15H20N4O. The number of rotatable bonds is 5. The van der Waals surface area contributed by atoms with E-state index in [9.17, 15) is 4.79 Å². The molecule has 2 rings (SSSR count). The summed E-state index contributed by atoms with van der Waals surface area (Å²) in [6, 6.07) is 9.71. The summed E-state index contributed by atoms with van der Waals surface area (Å²) in [4.78, 5) is 11.8. The number of amides is 1. The molecule has 0 saturated heterocycles. The molecule has 0 spiro atoms. The summed E-state index contributed by atoms with van der Waals surface area (Å²) in [5.41, 5.74) is 7.32. The van der Waals surface area contributed by atoms with Gasteiger partial charge in [0.1, 0.15) is 0 Å². The van der Waals surface area contributed by atoms with Crippen LogP contribution in [0.1, 0.15) is 25.8 Å². The first-order chi connectivity index (χ1) is 9.46. The summed E-state index contributed by atoms with van der Waals surface area (Å²) < 4.78 is 1.79. The number of nitrogens with zero attached hydrogens (tertiary/aromatic N) is 2. The molecule has 3 N–H and O–H groups in total. The van der Waals surface area contributed by atoms with Gasteiger partial charge in [0.25, 0.3) is 0 Å². The third-order valence-corrected chi connectivity index (χ3v) is 2.84. The van der Waals surface area contributed by atoms with Gasteiger partial charge in [-0.05, 0) is 31.5 Å². The van der Waals surface area contributed by atoms with Crippen LogP contribution in [0.5, 0.6) is 0 Å². The molecule has 0 bridgehead atoms. The van der Waals surface area contributed by atoms with Gasteiger partial charge in [-0.2, -0.15) is 5.10 Å². The Morgan fingerprint density at radius 3 is 2.75 bits per heavy atom. The van der Waals surface area contributed by atoms with Crippen LogP contribution in [0.2, 0.25) is 0 Å². The van der Waals surface area contributed by atoms with E-state index in [4.69, 9.17) is 5.73 Å². The first-order valence-corrected chi connectivity index (χ1v) is 6.59. The molecule has 106 valence electrons. The fourth-order valence-electron chi connectivity index (χ4n) is 1.97. The normalized spacial score (nSPS) is 11.3. The van der Waals surface area contributed by atoms with E-state index in [-0.39, 0.29) is 5.91 Å². The van der Waals surface area contributed by atoms with Crippen molar-refractivity contribution < 1.29 is 4.79 Å². The largest absolute Gasteiger partial charge is 0.352 e. The maximum absolute atomic E-state index is 11.8. The number of carbonyl (C=O) groups is 1. The number of nitrogens with one attached hydrogen (secondary N) is 1. The molecule has 5 heteroatoms. The minimum Gasteiger partial charge on any atom is -0.352 e. The number of aromatic nitrogens is 2. The molecule has 20 heavy (non-hydrogen) atoms. The fourth-order valence-corrected chi connectivity index (χ4v) is 1.97. The molecule has 0 fully saturated rings. The number of nitrogens with two attached hydrogens (primary N) is 1. The van der Waals surface area contributed by atoms with Crippen molar-refractivity contribution in [2.24, 2.45) is 5.73 Å². The summed E-state index contributed by atoms with van der Waals surface area (Å²) in [6.07, 6.45) is 3.91. The second-order valence-corrected chi connectivity index (χ2v) is 5.52. The zero-order valence-corrected chi connectivity index (χ0v) is 11.8. The lowest BCUT2D eigenvalue weighted by atomic mass is 10.0. The van der Waals surface area contributed by atoms with Crippen LogP contribution in [-0.4, -0.2) is 21.2 Å². The highest BCUT2D eigenvalue weighted by Crippen LogP contribution is 2.13. The van der Waals surface area contributed by atoms with E-state index in [1.54, 1.807) is 10.9 Å². The summed E-state index contributed by atoms with van der Waals surface area (Å²) >= 11 is 0. The molecule has 1 aromatic carbocycles. The van der Waals surface area contributed by atoms with Crippen molar-refractivity contribution in [3.8, 4) is 5.69 Å². The number of para-hydroxylation sites is 1. The van der Waals surface area contributed by atoms with E-state index in [0.29, 0.717) is 13.0 Å². The molecule has 5 nitrogen and oxygen atoms in total. The molecule has 0 atom stereocenters. The van der Waals surface area contributed by atoms with E-state index in [0.717, 1.165) is 11.3 Å². The lowest BCUT2D eigenvalue weighted by Crippen LogP contribution is -2.38. The van der Waals surface area contributed by atoms with Crippen LogP contribution in [0, 0.1) is 0 Å². The third kappa shape index (κ3) is 3.93. The molecule has 0 aliphatic heterocycles.